The Balaban J connectivity index is 1.67. The molecule has 0 aliphatic rings. The van der Waals surface area contributed by atoms with Gasteiger partial charge in [0.2, 0.25) is 5.95 Å². The summed E-state index contributed by atoms with van der Waals surface area (Å²) >= 11 is 0. The molecule has 1 aromatic heterocycles. The molecule has 0 amide bonds. The highest BCUT2D eigenvalue weighted by atomic mass is 16.5. The Labute approximate surface area is 154 Å². The number of aryl methyl sites for hydroxylation is 1. The van der Waals surface area contributed by atoms with Crippen molar-refractivity contribution in [1.29, 1.82) is 0 Å². The first-order chi connectivity index (χ1) is 12.6. The average Bonchev–Trinajstić information content (AvgIpc) is 2.62. The Hall–Kier alpha value is -3.08. The van der Waals surface area contributed by atoms with Crippen LogP contribution in [0.2, 0.25) is 0 Å². The molecule has 26 heavy (non-hydrogen) atoms. The fourth-order valence-corrected chi connectivity index (χ4v) is 2.53. The van der Waals surface area contributed by atoms with Gasteiger partial charge in [0.1, 0.15) is 11.6 Å². The maximum Gasteiger partial charge on any atom is 0.225 e. The van der Waals surface area contributed by atoms with Crippen molar-refractivity contribution in [3.63, 3.8) is 0 Å². The van der Waals surface area contributed by atoms with E-state index in [4.69, 9.17) is 4.74 Å². The summed E-state index contributed by atoms with van der Waals surface area (Å²) in [5, 5.41) is 6.59. The summed E-state index contributed by atoms with van der Waals surface area (Å²) in [4.78, 5) is 9.01. The van der Waals surface area contributed by atoms with Crippen molar-refractivity contribution in [2.45, 2.75) is 33.4 Å². The molecule has 0 spiro atoms. The van der Waals surface area contributed by atoms with Gasteiger partial charge in [-0.15, -0.1) is 0 Å². The van der Waals surface area contributed by atoms with Gasteiger partial charge in [-0.25, -0.2) is 4.98 Å². The van der Waals surface area contributed by atoms with E-state index < -0.39 is 0 Å². The topological polar surface area (TPSA) is 59.1 Å². The Kier molecular flexibility index (Phi) is 5.69. The van der Waals surface area contributed by atoms with Crippen molar-refractivity contribution in [2.75, 3.05) is 10.6 Å². The lowest BCUT2D eigenvalue weighted by Crippen LogP contribution is -2.06. The van der Waals surface area contributed by atoms with Crippen LogP contribution < -0.4 is 15.4 Å². The van der Waals surface area contributed by atoms with Gasteiger partial charge in [-0.05, 0) is 50.6 Å². The molecule has 0 aliphatic heterocycles. The van der Waals surface area contributed by atoms with Crippen LogP contribution in [0.4, 0.5) is 17.5 Å². The number of anilines is 3. The maximum atomic E-state index is 5.67. The zero-order chi connectivity index (χ0) is 18.4. The Bertz CT molecular complexity index is 832. The van der Waals surface area contributed by atoms with Gasteiger partial charge >= 0.3 is 0 Å². The first-order valence-corrected chi connectivity index (χ1v) is 8.76. The van der Waals surface area contributed by atoms with Crippen LogP contribution in [0, 0.1) is 6.92 Å². The third kappa shape index (κ3) is 5.21. The largest absolute Gasteiger partial charge is 0.491 e. The molecule has 0 aliphatic carbocycles. The van der Waals surface area contributed by atoms with Gasteiger partial charge < -0.3 is 15.4 Å². The number of nitrogens with one attached hydrogen (secondary N) is 2. The molecular weight excluding hydrogens is 324 g/mol. The molecule has 0 atom stereocenters. The van der Waals surface area contributed by atoms with Gasteiger partial charge in [0.05, 0.1) is 6.10 Å². The van der Waals surface area contributed by atoms with Crippen LogP contribution in [0.1, 0.15) is 25.1 Å². The second-order valence-corrected chi connectivity index (χ2v) is 6.37. The monoisotopic (exact) mass is 348 g/mol. The molecule has 5 nitrogen and oxygen atoms in total. The van der Waals surface area contributed by atoms with Gasteiger partial charge in [0.15, 0.2) is 0 Å². The summed E-state index contributed by atoms with van der Waals surface area (Å²) < 4.78 is 5.67. The van der Waals surface area contributed by atoms with E-state index in [1.165, 1.54) is 5.56 Å². The third-order valence-electron chi connectivity index (χ3n) is 3.65. The Morgan fingerprint density at radius 1 is 0.962 bits per heavy atom. The summed E-state index contributed by atoms with van der Waals surface area (Å²) in [6, 6.07) is 20.0. The smallest absolute Gasteiger partial charge is 0.225 e. The minimum Gasteiger partial charge on any atom is -0.491 e. The molecule has 0 saturated heterocycles. The molecule has 0 fully saturated rings. The fourth-order valence-electron chi connectivity index (χ4n) is 2.53. The van der Waals surface area contributed by atoms with Crippen LogP contribution in [-0.4, -0.2) is 16.1 Å². The highest BCUT2D eigenvalue weighted by Gasteiger charge is 2.04. The van der Waals surface area contributed by atoms with Crippen molar-refractivity contribution in [1.82, 2.24) is 9.97 Å². The van der Waals surface area contributed by atoms with Crippen molar-refractivity contribution in [3.8, 4) is 5.75 Å². The molecule has 0 radical (unpaired) electrons. The van der Waals surface area contributed by atoms with Crippen LogP contribution in [-0.2, 0) is 6.54 Å². The molecule has 1 heterocycles. The SMILES string of the molecule is Cc1cc(Nc2ccc(OC(C)C)cc2)nc(NCc2ccccc2)n1. The van der Waals surface area contributed by atoms with Crippen molar-refractivity contribution in [2.24, 2.45) is 0 Å². The quantitative estimate of drug-likeness (QED) is 0.634. The van der Waals surface area contributed by atoms with Crippen molar-refractivity contribution >= 4 is 17.5 Å². The standard InChI is InChI=1S/C21H24N4O/c1-15(2)26-19-11-9-18(10-12-19)24-20-13-16(3)23-21(25-20)22-14-17-7-5-4-6-8-17/h4-13,15H,14H2,1-3H3,(H2,22,23,24,25). The fraction of sp³-hybridized carbons (Fsp3) is 0.238. The number of rotatable bonds is 7. The highest BCUT2D eigenvalue weighted by Crippen LogP contribution is 2.21. The second-order valence-electron chi connectivity index (χ2n) is 6.37. The van der Waals surface area contributed by atoms with E-state index in [0.29, 0.717) is 12.5 Å². The van der Waals surface area contributed by atoms with Crippen LogP contribution in [0.5, 0.6) is 5.75 Å². The van der Waals surface area contributed by atoms with E-state index in [1.54, 1.807) is 0 Å². The van der Waals surface area contributed by atoms with Crippen LogP contribution in [0.3, 0.4) is 0 Å². The number of aromatic nitrogens is 2. The molecule has 3 rings (SSSR count). The molecule has 134 valence electrons. The lowest BCUT2D eigenvalue weighted by Gasteiger charge is -2.12. The minimum absolute atomic E-state index is 0.163. The first-order valence-electron chi connectivity index (χ1n) is 8.76. The number of hydrogen-bond donors (Lipinski definition) is 2. The molecule has 5 heteroatoms. The van der Waals surface area contributed by atoms with Gasteiger partial charge in [-0.3, -0.25) is 0 Å². The number of hydrogen-bond acceptors (Lipinski definition) is 5. The van der Waals surface area contributed by atoms with Crippen LogP contribution in [0.15, 0.2) is 60.7 Å². The zero-order valence-corrected chi connectivity index (χ0v) is 15.4. The van der Waals surface area contributed by atoms with Crippen molar-refractivity contribution in [3.05, 3.63) is 71.9 Å². The minimum atomic E-state index is 0.163. The van der Waals surface area contributed by atoms with Crippen molar-refractivity contribution < 1.29 is 4.74 Å². The number of nitrogens with zero attached hydrogens (tertiary/aromatic N) is 2. The Morgan fingerprint density at radius 2 is 1.69 bits per heavy atom. The van der Waals surface area contributed by atoms with Crippen LogP contribution >= 0.6 is 0 Å². The molecule has 0 unspecified atom stereocenters. The van der Waals surface area contributed by atoms with E-state index in [0.717, 1.165) is 22.9 Å². The van der Waals surface area contributed by atoms with E-state index in [-0.39, 0.29) is 6.10 Å². The molecule has 2 N–H and O–H groups in total. The van der Waals surface area contributed by atoms with E-state index in [2.05, 4.69) is 32.7 Å². The summed E-state index contributed by atoms with van der Waals surface area (Å²) in [6.45, 7) is 6.67. The summed E-state index contributed by atoms with van der Waals surface area (Å²) in [5.41, 5.74) is 3.04. The lowest BCUT2D eigenvalue weighted by atomic mass is 10.2. The van der Waals surface area contributed by atoms with Gasteiger partial charge in [-0.2, -0.15) is 4.98 Å². The third-order valence-corrected chi connectivity index (χ3v) is 3.65. The summed E-state index contributed by atoms with van der Waals surface area (Å²) in [6.07, 6.45) is 0.163. The second kappa shape index (κ2) is 8.34. The molecule has 3 aromatic rings. The summed E-state index contributed by atoms with van der Waals surface area (Å²) in [7, 11) is 0. The van der Waals surface area contributed by atoms with E-state index in [9.17, 15) is 0 Å². The molecular formula is C21H24N4O. The van der Waals surface area contributed by atoms with Gasteiger partial charge in [0.25, 0.3) is 0 Å². The van der Waals surface area contributed by atoms with Crippen LogP contribution in [0.25, 0.3) is 0 Å². The normalized spacial score (nSPS) is 10.6. The van der Waals surface area contributed by atoms with E-state index in [1.807, 2.05) is 69.3 Å². The average molecular weight is 348 g/mol. The number of benzene rings is 2. The molecule has 0 saturated carbocycles. The Morgan fingerprint density at radius 3 is 2.38 bits per heavy atom. The number of ether oxygens (including phenoxy) is 1. The molecule has 0 bridgehead atoms. The maximum absolute atomic E-state index is 5.67. The van der Waals surface area contributed by atoms with Gasteiger partial charge in [0, 0.05) is 24.0 Å². The first kappa shape index (κ1) is 17.7. The predicted octanol–water partition coefficient (Wildman–Crippen LogP) is 4.93. The summed E-state index contributed by atoms with van der Waals surface area (Å²) in [5.74, 6) is 2.22. The zero-order valence-electron chi connectivity index (χ0n) is 15.4. The van der Waals surface area contributed by atoms with Gasteiger partial charge in [-0.1, -0.05) is 30.3 Å². The highest BCUT2D eigenvalue weighted by molar-refractivity contribution is 5.58. The lowest BCUT2D eigenvalue weighted by molar-refractivity contribution is 0.242. The molecule has 2 aromatic carbocycles. The predicted molar refractivity (Wildman–Crippen MR) is 106 cm³/mol. The van der Waals surface area contributed by atoms with E-state index >= 15 is 0 Å².